The summed E-state index contributed by atoms with van der Waals surface area (Å²) in [5, 5.41) is 0. The summed E-state index contributed by atoms with van der Waals surface area (Å²) in [6.07, 6.45) is 2.54. The molecule has 1 amide bonds. The molecule has 2 rings (SSSR count). The normalized spacial score (nSPS) is 16.0. The number of nitrogens with zero attached hydrogens (tertiary/aromatic N) is 2. The van der Waals surface area contributed by atoms with Crippen molar-refractivity contribution in [1.82, 2.24) is 9.80 Å². The molecule has 1 aliphatic rings. The maximum atomic E-state index is 12.1. The third-order valence-corrected chi connectivity index (χ3v) is 4.17. The highest BCUT2D eigenvalue weighted by Gasteiger charge is 2.20. The lowest BCUT2D eigenvalue weighted by Crippen LogP contribution is -2.49. The molecule has 1 fully saturated rings. The molecule has 0 spiro atoms. The third-order valence-electron chi connectivity index (χ3n) is 4.17. The summed E-state index contributed by atoms with van der Waals surface area (Å²) < 4.78 is 5.28. The van der Waals surface area contributed by atoms with Crippen LogP contribution in [0.1, 0.15) is 25.3 Å². The van der Waals surface area contributed by atoms with Crippen LogP contribution in [0.15, 0.2) is 30.3 Å². The van der Waals surface area contributed by atoms with Crippen LogP contribution in [0, 0.1) is 0 Å². The number of amides is 1. The zero-order chi connectivity index (χ0) is 15.6. The van der Waals surface area contributed by atoms with Gasteiger partial charge in [0.1, 0.15) is 0 Å². The zero-order valence-corrected chi connectivity index (χ0v) is 13.7. The molecule has 1 saturated heterocycles. The average Bonchev–Trinajstić information content (AvgIpc) is 2.58. The van der Waals surface area contributed by atoms with E-state index < -0.39 is 0 Å². The molecular weight excluding hydrogens is 276 g/mol. The highest BCUT2D eigenvalue weighted by atomic mass is 16.5. The van der Waals surface area contributed by atoms with Crippen LogP contribution in [-0.4, -0.2) is 61.6 Å². The van der Waals surface area contributed by atoms with Crippen molar-refractivity contribution in [2.75, 3.05) is 45.9 Å². The first-order valence-corrected chi connectivity index (χ1v) is 8.41. The van der Waals surface area contributed by atoms with Crippen molar-refractivity contribution in [2.24, 2.45) is 0 Å². The molecule has 0 N–H and O–H groups in total. The van der Waals surface area contributed by atoms with E-state index in [1.807, 2.05) is 11.8 Å². The predicted molar refractivity (Wildman–Crippen MR) is 88.9 cm³/mol. The minimum absolute atomic E-state index is 0.280. The highest BCUT2D eigenvalue weighted by Crippen LogP contribution is 2.07. The molecule has 0 unspecified atom stereocenters. The van der Waals surface area contributed by atoms with Crippen molar-refractivity contribution in [3.63, 3.8) is 0 Å². The topological polar surface area (TPSA) is 32.8 Å². The van der Waals surface area contributed by atoms with Gasteiger partial charge in [0.2, 0.25) is 5.91 Å². The number of carbonyl (C=O) groups excluding carboxylic acids is 1. The van der Waals surface area contributed by atoms with Crippen molar-refractivity contribution in [2.45, 2.75) is 26.2 Å². The first kappa shape index (κ1) is 17.0. The van der Waals surface area contributed by atoms with Crippen molar-refractivity contribution < 1.29 is 9.53 Å². The first-order valence-electron chi connectivity index (χ1n) is 8.41. The second-order valence-corrected chi connectivity index (χ2v) is 5.76. The minimum atomic E-state index is 0.280. The number of piperazine rings is 1. The van der Waals surface area contributed by atoms with E-state index in [1.54, 1.807) is 0 Å². The fraction of sp³-hybridized carbons (Fsp3) is 0.611. The number of rotatable bonds is 8. The lowest BCUT2D eigenvalue weighted by molar-refractivity contribution is -0.133. The molecule has 122 valence electrons. The maximum Gasteiger partial charge on any atom is 0.222 e. The Balaban J connectivity index is 1.62. The summed E-state index contributed by atoms with van der Waals surface area (Å²) in [6.45, 7) is 8.19. The molecule has 0 saturated carbocycles. The van der Waals surface area contributed by atoms with Crippen LogP contribution in [0.4, 0.5) is 0 Å². The number of hydrogen-bond donors (Lipinski definition) is 0. The van der Waals surface area contributed by atoms with E-state index in [9.17, 15) is 4.79 Å². The van der Waals surface area contributed by atoms with Crippen LogP contribution in [0.25, 0.3) is 0 Å². The fourth-order valence-corrected chi connectivity index (χ4v) is 2.78. The lowest BCUT2D eigenvalue weighted by atomic mass is 10.1. The van der Waals surface area contributed by atoms with Crippen molar-refractivity contribution >= 4 is 5.91 Å². The molecule has 1 heterocycles. The van der Waals surface area contributed by atoms with E-state index in [0.717, 1.165) is 52.2 Å². The van der Waals surface area contributed by atoms with Gasteiger partial charge in [0, 0.05) is 52.4 Å². The molecule has 1 aromatic rings. The fourth-order valence-electron chi connectivity index (χ4n) is 2.78. The maximum absolute atomic E-state index is 12.1. The minimum Gasteiger partial charge on any atom is -0.382 e. The van der Waals surface area contributed by atoms with Crippen LogP contribution < -0.4 is 0 Å². The van der Waals surface area contributed by atoms with Gasteiger partial charge in [-0.2, -0.15) is 0 Å². The molecule has 1 aromatic carbocycles. The van der Waals surface area contributed by atoms with Gasteiger partial charge >= 0.3 is 0 Å². The Hall–Kier alpha value is -1.39. The Morgan fingerprint density at radius 2 is 1.86 bits per heavy atom. The molecule has 0 radical (unpaired) electrons. The van der Waals surface area contributed by atoms with Gasteiger partial charge in [-0.05, 0) is 25.3 Å². The Bertz CT molecular complexity index is 428. The molecule has 4 heteroatoms. The number of carbonyl (C=O) groups is 1. The van der Waals surface area contributed by atoms with E-state index in [-0.39, 0.29) is 5.91 Å². The quantitative estimate of drug-likeness (QED) is 0.690. The molecule has 4 nitrogen and oxygen atoms in total. The Morgan fingerprint density at radius 3 is 2.55 bits per heavy atom. The molecular formula is C18H28N2O2. The van der Waals surface area contributed by atoms with Crippen LogP contribution >= 0.6 is 0 Å². The molecule has 0 bridgehead atoms. The van der Waals surface area contributed by atoms with E-state index >= 15 is 0 Å². The van der Waals surface area contributed by atoms with E-state index in [1.165, 1.54) is 5.56 Å². The monoisotopic (exact) mass is 304 g/mol. The summed E-state index contributed by atoms with van der Waals surface area (Å²) in [5.74, 6) is 0.280. The van der Waals surface area contributed by atoms with Crippen molar-refractivity contribution in [3.8, 4) is 0 Å². The molecule has 0 atom stereocenters. The van der Waals surface area contributed by atoms with Crippen LogP contribution in [-0.2, 0) is 16.0 Å². The standard InChI is InChI=1S/C18H28N2O2/c1-2-22-16-6-9-18(21)20-14-12-19(13-15-20)11-10-17-7-4-3-5-8-17/h3-5,7-8H,2,6,9-16H2,1H3. The van der Waals surface area contributed by atoms with E-state index in [4.69, 9.17) is 4.74 Å². The van der Waals surface area contributed by atoms with E-state index in [2.05, 4.69) is 35.2 Å². The van der Waals surface area contributed by atoms with Crippen LogP contribution in [0.3, 0.4) is 0 Å². The molecule has 1 aliphatic heterocycles. The SMILES string of the molecule is CCOCCCC(=O)N1CCN(CCc2ccccc2)CC1. The van der Waals surface area contributed by atoms with Gasteiger partial charge in [0.05, 0.1) is 0 Å². The summed E-state index contributed by atoms with van der Waals surface area (Å²) >= 11 is 0. The Morgan fingerprint density at radius 1 is 1.14 bits per heavy atom. The average molecular weight is 304 g/mol. The van der Waals surface area contributed by atoms with Crippen molar-refractivity contribution in [1.29, 1.82) is 0 Å². The highest BCUT2D eigenvalue weighted by molar-refractivity contribution is 5.76. The van der Waals surface area contributed by atoms with Gasteiger partial charge in [-0.15, -0.1) is 0 Å². The number of ether oxygens (including phenoxy) is 1. The smallest absolute Gasteiger partial charge is 0.222 e. The summed E-state index contributed by atoms with van der Waals surface area (Å²) in [5.41, 5.74) is 1.39. The summed E-state index contributed by atoms with van der Waals surface area (Å²) in [7, 11) is 0. The van der Waals surface area contributed by atoms with Crippen LogP contribution in [0.2, 0.25) is 0 Å². The summed E-state index contributed by atoms with van der Waals surface area (Å²) in [4.78, 5) is 16.6. The first-order chi connectivity index (χ1) is 10.8. The van der Waals surface area contributed by atoms with Crippen molar-refractivity contribution in [3.05, 3.63) is 35.9 Å². The Kier molecular flexibility index (Phi) is 7.40. The van der Waals surface area contributed by atoms with Gasteiger partial charge in [0.25, 0.3) is 0 Å². The Labute approximate surface area is 134 Å². The molecule has 0 aromatic heterocycles. The summed E-state index contributed by atoms with van der Waals surface area (Å²) in [6, 6.07) is 10.6. The van der Waals surface area contributed by atoms with Gasteiger partial charge < -0.3 is 9.64 Å². The van der Waals surface area contributed by atoms with Crippen LogP contribution in [0.5, 0.6) is 0 Å². The van der Waals surface area contributed by atoms with Gasteiger partial charge in [-0.3, -0.25) is 9.69 Å². The molecule has 22 heavy (non-hydrogen) atoms. The second-order valence-electron chi connectivity index (χ2n) is 5.76. The molecule has 0 aliphatic carbocycles. The predicted octanol–water partition coefficient (Wildman–Crippen LogP) is 2.19. The zero-order valence-electron chi connectivity index (χ0n) is 13.7. The lowest BCUT2D eigenvalue weighted by Gasteiger charge is -2.34. The largest absolute Gasteiger partial charge is 0.382 e. The van der Waals surface area contributed by atoms with Gasteiger partial charge in [-0.25, -0.2) is 0 Å². The number of benzene rings is 1. The third kappa shape index (κ3) is 5.78. The number of hydrogen-bond acceptors (Lipinski definition) is 3. The second kappa shape index (κ2) is 9.59. The van der Waals surface area contributed by atoms with Gasteiger partial charge in [-0.1, -0.05) is 30.3 Å². The van der Waals surface area contributed by atoms with E-state index in [0.29, 0.717) is 13.0 Å². The van der Waals surface area contributed by atoms with Gasteiger partial charge in [0.15, 0.2) is 0 Å².